The molecule has 194 valence electrons. The Balaban J connectivity index is 3.01. The van der Waals surface area contributed by atoms with Crippen LogP contribution in [0.25, 0.3) is 0 Å². The van der Waals surface area contributed by atoms with Crippen molar-refractivity contribution in [2.75, 3.05) is 6.61 Å². The Morgan fingerprint density at radius 2 is 0.594 bits per heavy atom. The third kappa shape index (κ3) is 28.0. The van der Waals surface area contributed by atoms with Crippen molar-refractivity contribution < 1.29 is 5.11 Å². The zero-order valence-corrected chi connectivity index (χ0v) is 22.8. The molecule has 0 saturated carbocycles. The van der Waals surface area contributed by atoms with Crippen LogP contribution in [0.4, 0.5) is 0 Å². The molecular formula is C31H64O. The van der Waals surface area contributed by atoms with Crippen LogP contribution in [0.15, 0.2) is 0 Å². The molecule has 0 aromatic rings. The average Bonchev–Trinajstić information content (AvgIpc) is 2.81. The number of aliphatic hydroxyl groups excluding tert-OH is 1. The normalized spacial score (nSPS) is 12.5. The molecule has 0 aliphatic heterocycles. The summed E-state index contributed by atoms with van der Waals surface area (Å²) in [6.45, 7) is 5.09. The molecule has 0 fully saturated rings. The minimum absolute atomic E-state index is 0.374. The highest BCUT2D eigenvalue weighted by Gasteiger charge is 1.99. The highest BCUT2D eigenvalue weighted by molar-refractivity contribution is 4.53. The first kappa shape index (κ1) is 32.0. The first-order valence-corrected chi connectivity index (χ1v) is 15.4. The maximum absolute atomic E-state index is 8.76. The first-order chi connectivity index (χ1) is 15.8. The van der Waals surface area contributed by atoms with Crippen molar-refractivity contribution in [1.82, 2.24) is 0 Å². The van der Waals surface area contributed by atoms with Crippen LogP contribution in [0.1, 0.15) is 187 Å². The summed E-state index contributed by atoms with van der Waals surface area (Å²) in [4.78, 5) is 0. The van der Waals surface area contributed by atoms with Gasteiger partial charge in [-0.25, -0.2) is 0 Å². The molecule has 0 radical (unpaired) electrons. The van der Waals surface area contributed by atoms with E-state index in [2.05, 4.69) is 13.8 Å². The molecule has 1 heteroatoms. The average molecular weight is 453 g/mol. The van der Waals surface area contributed by atoms with E-state index in [1.54, 1.807) is 0 Å². The maximum Gasteiger partial charge on any atom is 0.0431 e. The van der Waals surface area contributed by atoms with Crippen molar-refractivity contribution in [2.24, 2.45) is 5.92 Å². The summed E-state index contributed by atoms with van der Waals surface area (Å²) in [5.74, 6) is 0.944. The Kier molecular flexibility index (Phi) is 29.0. The summed E-state index contributed by atoms with van der Waals surface area (Å²) in [5.41, 5.74) is 0. The van der Waals surface area contributed by atoms with E-state index in [0.717, 1.165) is 12.3 Å². The summed E-state index contributed by atoms with van der Waals surface area (Å²) in [5, 5.41) is 8.76. The monoisotopic (exact) mass is 452 g/mol. The van der Waals surface area contributed by atoms with Gasteiger partial charge in [-0.2, -0.15) is 0 Å². The molecule has 0 rings (SSSR count). The predicted molar refractivity (Wildman–Crippen MR) is 147 cm³/mol. The fourth-order valence-corrected chi connectivity index (χ4v) is 4.87. The van der Waals surface area contributed by atoms with Crippen molar-refractivity contribution >= 4 is 0 Å². The zero-order chi connectivity index (χ0) is 23.4. The van der Waals surface area contributed by atoms with E-state index in [9.17, 15) is 0 Å². The third-order valence-electron chi connectivity index (χ3n) is 7.55. The molecule has 0 aliphatic rings. The van der Waals surface area contributed by atoms with Crippen LogP contribution in [0, 0.1) is 5.92 Å². The molecule has 32 heavy (non-hydrogen) atoms. The second-order valence-electron chi connectivity index (χ2n) is 10.9. The van der Waals surface area contributed by atoms with E-state index in [0.29, 0.717) is 6.61 Å². The molecule has 0 heterocycles. The molecule has 0 bridgehead atoms. The highest BCUT2D eigenvalue weighted by Crippen LogP contribution is 2.17. The van der Waals surface area contributed by atoms with Gasteiger partial charge in [0, 0.05) is 6.61 Å². The van der Waals surface area contributed by atoms with Crippen LogP contribution in [0.5, 0.6) is 0 Å². The van der Waals surface area contributed by atoms with Crippen LogP contribution in [0.3, 0.4) is 0 Å². The van der Waals surface area contributed by atoms with Crippen LogP contribution in [-0.4, -0.2) is 11.7 Å². The highest BCUT2D eigenvalue weighted by atomic mass is 16.2. The molecule has 0 aliphatic carbocycles. The number of rotatable bonds is 28. The van der Waals surface area contributed by atoms with Gasteiger partial charge in [-0.15, -0.1) is 0 Å². The van der Waals surface area contributed by atoms with Crippen molar-refractivity contribution in [1.29, 1.82) is 0 Å². The van der Waals surface area contributed by atoms with E-state index >= 15 is 0 Å². The number of aliphatic hydroxyl groups is 1. The molecule has 0 spiro atoms. The van der Waals surface area contributed by atoms with E-state index in [4.69, 9.17) is 5.11 Å². The minimum atomic E-state index is 0.374. The van der Waals surface area contributed by atoms with Gasteiger partial charge in [-0.3, -0.25) is 0 Å². The van der Waals surface area contributed by atoms with Gasteiger partial charge in [0.15, 0.2) is 0 Å². The number of unbranched alkanes of at least 4 members (excludes halogenated alkanes) is 24. The smallest absolute Gasteiger partial charge is 0.0431 e. The molecular weight excluding hydrogens is 388 g/mol. The summed E-state index contributed by atoms with van der Waals surface area (Å²) in [7, 11) is 0. The Labute approximate surface area is 204 Å². The van der Waals surface area contributed by atoms with Gasteiger partial charge >= 0.3 is 0 Å². The lowest BCUT2D eigenvalue weighted by Crippen LogP contribution is -1.91. The number of hydrogen-bond acceptors (Lipinski definition) is 1. The van der Waals surface area contributed by atoms with Crippen molar-refractivity contribution in [2.45, 2.75) is 187 Å². The van der Waals surface area contributed by atoms with Crippen molar-refractivity contribution in [3.05, 3.63) is 0 Å². The van der Waals surface area contributed by atoms with Crippen molar-refractivity contribution in [3.63, 3.8) is 0 Å². The quantitative estimate of drug-likeness (QED) is 0.117. The Hall–Kier alpha value is -0.0400. The predicted octanol–water partition coefficient (Wildman–Crippen LogP) is 11.2. The van der Waals surface area contributed by atoms with Gasteiger partial charge in [-0.05, 0) is 12.3 Å². The SMILES string of the molecule is CC[C@H](C)CCCCCCCCCCCCCCCCCCCCCCCCCCCO. The Bertz CT molecular complexity index is 314. The lowest BCUT2D eigenvalue weighted by atomic mass is 9.99. The van der Waals surface area contributed by atoms with E-state index in [-0.39, 0.29) is 0 Å². The van der Waals surface area contributed by atoms with Crippen LogP contribution in [0.2, 0.25) is 0 Å². The van der Waals surface area contributed by atoms with Gasteiger partial charge in [0.1, 0.15) is 0 Å². The lowest BCUT2D eigenvalue weighted by molar-refractivity contribution is 0.282. The summed E-state index contributed by atoms with van der Waals surface area (Å²) < 4.78 is 0. The van der Waals surface area contributed by atoms with Crippen LogP contribution < -0.4 is 0 Å². The zero-order valence-electron chi connectivity index (χ0n) is 22.8. The van der Waals surface area contributed by atoms with Gasteiger partial charge < -0.3 is 5.11 Å². The molecule has 0 amide bonds. The topological polar surface area (TPSA) is 20.2 Å². The van der Waals surface area contributed by atoms with Crippen LogP contribution in [-0.2, 0) is 0 Å². The fourth-order valence-electron chi connectivity index (χ4n) is 4.87. The molecule has 1 atom stereocenters. The summed E-state index contributed by atoms with van der Waals surface area (Å²) >= 11 is 0. The molecule has 0 aromatic heterocycles. The maximum atomic E-state index is 8.76. The van der Waals surface area contributed by atoms with E-state index < -0.39 is 0 Å². The molecule has 0 unspecified atom stereocenters. The first-order valence-electron chi connectivity index (χ1n) is 15.4. The van der Waals surface area contributed by atoms with Gasteiger partial charge in [0.05, 0.1) is 0 Å². The van der Waals surface area contributed by atoms with Crippen molar-refractivity contribution in [3.8, 4) is 0 Å². The summed E-state index contributed by atoms with van der Waals surface area (Å²) in [6, 6.07) is 0. The molecule has 1 nitrogen and oxygen atoms in total. The third-order valence-corrected chi connectivity index (χ3v) is 7.55. The van der Waals surface area contributed by atoms with E-state index in [1.165, 1.54) is 167 Å². The number of hydrogen-bond donors (Lipinski definition) is 1. The minimum Gasteiger partial charge on any atom is -0.396 e. The Morgan fingerprint density at radius 1 is 0.375 bits per heavy atom. The standard InChI is InChI=1S/C31H64O/c1-3-31(2)29-27-25-23-21-19-17-15-13-11-9-7-5-4-6-8-10-12-14-16-18-20-22-24-26-28-30-32/h31-32H,3-30H2,1-2H3/t31-/m0/s1. The summed E-state index contributed by atoms with van der Waals surface area (Å²) in [6.07, 6.45) is 38.5. The molecule has 1 N–H and O–H groups in total. The van der Waals surface area contributed by atoms with Gasteiger partial charge in [-0.1, -0.05) is 181 Å². The van der Waals surface area contributed by atoms with Gasteiger partial charge in [0.2, 0.25) is 0 Å². The molecule has 0 aromatic carbocycles. The van der Waals surface area contributed by atoms with Gasteiger partial charge in [0.25, 0.3) is 0 Å². The van der Waals surface area contributed by atoms with Crippen LogP contribution >= 0.6 is 0 Å². The lowest BCUT2D eigenvalue weighted by Gasteiger charge is -2.07. The fraction of sp³-hybridized carbons (Fsp3) is 1.00. The second-order valence-corrected chi connectivity index (χ2v) is 10.9. The largest absolute Gasteiger partial charge is 0.396 e. The second kappa shape index (κ2) is 29.0. The Morgan fingerprint density at radius 3 is 0.812 bits per heavy atom. The molecule has 0 saturated heterocycles. The van der Waals surface area contributed by atoms with E-state index in [1.807, 2.05) is 0 Å².